The molecule has 0 saturated carbocycles. The summed E-state index contributed by atoms with van der Waals surface area (Å²) >= 11 is 0. The van der Waals surface area contributed by atoms with Crippen molar-refractivity contribution in [1.29, 1.82) is 0 Å². The van der Waals surface area contributed by atoms with Crippen LogP contribution in [0, 0.1) is 0 Å². The summed E-state index contributed by atoms with van der Waals surface area (Å²) in [6, 6.07) is 0. The van der Waals surface area contributed by atoms with E-state index in [0.717, 1.165) is 51.9 Å². The van der Waals surface area contributed by atoms with Crippen molar-refractivity contribution in [3.05, 3.63) is 12.3 Å². The minimum atomic E-state index is 0.0169. The third-order valence-corrected chi connectivity index (χ3v) is 4.52. The van der Waals surface area contributed by atoms with Gasteiger partial charge in [-0.05, 0) is 51.0 Å². The van der Waals surface area contributed by atoms with Crippen molar-refractivity contribution < 1.29 is 18.9 Å². The maximum Gasteiger partial charge on any atom is 0.188 e. The summed E-state index contributed by atoms with van der Waals surface area (Å²) in [4.78, 5) is 0. The molecule has 0 aliphatic carbocycles. The van der Waals surface area contributed by atoms with Gasteiger partial charge in [-0.15, -0.1) is 0 Å². The van der Waals surface area contributed by atoms with Crippen LogP contribution in [-0.2, 0) is 18.9 Å². The molecule has 0 fully saturated rings. The van der Waals surface area contributed by atoms with E-state index in [-0.39, 0.29) is 6.29 Å². The normalized spacial score (nSPS) is 11.7. The number of unbranched alkanes of at least 4 members (excludes halogenated alkanes) is 9. The zero-order valence-corrected chi connectivity index (χ0v) is 19.1. The molecule has 0 aromatic rings. The molecule has 0 spiro atoms. The second-order valence-corrected chi connectivity index (χ2v) is 7.50. The number of hydrogen-bond donors (Lipinski definition) is 0. The smallest absolute Gasteiger partial charge is 0.188 e. The van der Waals surface area contributed by atoms with Gasteiger partial charge in [-0.1, -0.05) is 65.7 Å². The zero-order valence-electron chi connectivity index (χ0n) is 19.1. The predicted molar refractivity (Wildman–Crippen MR) is 118 cm³/mol. The van der Waals surface area contributed by atoms with E-state index in [4.69, 9.17) is 18.9 Å². The number of allylic oxidation sites excluding steroid dienone is 1. The predicted octanol–water partition coefficient (Wildman–Crippen LogP) is 7.37. The highest BCUT2D eigenvalue weighted by Crippen LogP contribution is 2.14. The fourth-order valence-corrected chi connectivity index (χ4v) is 2.95. The molecule has 0 amide bonds. The van der Waals surface area contributed by atoms with Gasteiger partial charge in [-0.25, -0.2) is 0 Å². The Bertz CT molecular complexity index is 299. The van der Waals surface area contributed by atoms with Crippen molar-refractivity contribution in [2.45, 2.75) is 117 Å². The molecule has 28 heavy (non-hydrogen) atoms. The molecule has 0 heterocycles. The van der Waals surface area contributed by atoms with Crippen molar-refractivity contribution in [2.24, 2.45) is 0 Å². The van der Waals surface area contributed by atoms with Gasteiger partial charge in [0.2, 0.25) is 0 Å². The lowest BCUT2D eigenvalue weighted by molar-refractivity contribution is -0.146. The van der Waals surface area contributed by atoms with Crippen LogP contribution >= 0.6 is 0 Å². The average Bonchev–Trinajstić information content (AvgIpc) is 2.71. The summed E-state index contributed by atoms with van der Waals surface area (Å²) < 4.78 is 22.1. The second-order valence-electron chi connectivity index (χ2n) is 7.50. The van der Waals surface area contributed by atoms with Crippen molar-refractivity contribution in [2.75, 3.05) is 26.6 Å². The Balaban J connectivity index is 3.30. The first kappa shape index (κ1) is 27.4. The van der Waals surface area contributed by atoms with Gasteiger partial charge in [0.15, 0.2) is 13.1 Å². The summed E-state index contributed by atoms with van der Waals surface area (Å²) in [5.74, 6) is 0. The molecule has 0 aromatic carbocycles. The molecule has 0 aliphatic heterocycles. The van der Waals surface area contributed by atoms with Crippen LogP contribution in [0.5, 0.6) is 0 Å². The number of rotatable bonds is 23. The van der Waals surface area contributed by atoms with Crippen LogP contribution in [0.2, 0.25) is 0 Å². The maximum absolute atomic E-state index is 5.78. The fourth-order valence-electron chi connectivity index (χ4n) is 2.95. The van der Waals surface area contributed by atoms with Crippen molar-refractivity contribution in [3.63, 3.8) is 0 Å². The van der Waals surface area contributed by atoms with Crippen LogP contribution in [-0.4, -0.2) is 32.9 Å². The molecular formula is C24H48O4. The Morgan fingerprint density at radius 1 is 0.643 bits per heavy atom. The molecule has 0 unspecified atom stereocenters. The lowest BCUT2D eigenvalue weighted by Crippen LogP contribution is -2.18. The highest BCUT2D eigenvalue weighted by molar-refractivity contribution is 4.72. The van der Waals surface area contributed by atoms with Gasteiger partial charge in [0.05, 0.1) is 12.9 Å². The first-order valence-corrected chi connectivity index (χ1v) is 11.9. The maximum atomic E-state index is 5.78. The van der Waals surface area contributed by atoms with E-state index in [2.05, 4.69) is 26.8 Å². The van der Waals surface area contributed by atoms with Crippen molar-refractivity contribution >= 4 is 0 Å². The topological polar surface area (TPSA) is 36.9 Å². The molecule has 0 saturated heterocycles. The van der Waals surface area contributed by atoms with Gasteiger partial charge in [0.1, 0.15) is 0 Å². The lowest BCUT2D eigenvalue weighted by Gasteiger charge is -2.18. The summed E-state index contributed by atoms with van der Waals surface area (Å²) in [6.07, 6.45) is 21.1. The monoisotopic (exact) mass is 400 g/mol. The van der Waals surface area contributed by atoms with Gasteiger partial charge < -0.3 is 18.9 Å². The quantitative estimate of drug-likeness (QED) is 0.102. The first-order chi connectivity index (χ1) is 13.8. The Labute approximate surface area is 175 Å². The second kappa shape index (κ2) is 24.5. The van der Waals surface area contributed by atoms with Crippen LogP contribution in [0.4, 0.5) is 0 Å². The number of ether oxygens (including phenoxy) is 4. The highest BCUT2D eigenvalue weighted by atomic mass is 16.7. The lowest BCUT2D eigenvalue weighted by atomic mass is 10.1. The Morgan fingerprint density at radius 2 is 1.18 bits per heavy atom. The summed E-state index contributed by atoms with van der Waals surface area (Å²) in [5, 5.41) is 0. The van der Waals surface area contributed by atoms with Gasteiger partial charge in [-0.2, -0.15) is 0 Å². The number of hydrogen-bond acceptors (Lipinski definition) is 4. The van der Waals surface area contributed by atoms with Gasteiger partial charge in [0.25, 0.3) is 0 Å². The molecule has 0 aliphatic rings. The van der Waals surface area contributed by atoms with E-state index in [1.807, 2.05) is 0 Å². The van der Waals surface area contributed by atoms with E-state index in [1.54, 1.807) is 6.26 Å². The summed E-state index contributed by atoms with van der Waals surface area (Å²) in [7, 11) is 0. The molecule has 0 aromatic heterocycles. The molecule has 0 N–H and O–H groups in total. The average molecular weight is 401 g/mol. The SMILES string of the molecule is CCCOCOC=CCCCCCCCCCCCC(OCCC)OCCC. The van der Waals surface area contributed by atoms with Crippen molar-refractivity contribution in [1.82, 2.24) is 0 Å². The van der Waals surface area contributed by atoms with Crippen LogP contribution in [0.15, 0.2) is 12.3 Å². The van der Waals surface area contributed by atoms with E-state index in [0.29, 0.717) is 6.79 Å². The molecular weight excluding hydrogens is 352 g/mol. The third kappa shape index (κ3) is 21.7. The molecule has 0 atom stereocenters. The molecule has 4 nitrogen and oxygen atoms in total. The molecule has 0 bridgehead atoms. The standard InChI is InChI=1S/C24H48O4/c1-4-19-25-23-26-22-17-15-13-11-9-7-8-10-12-14-16-18-24(27-20-5-2)28-21-6-3/h17,22,24H,4-16,18-21,23H2,1-3H3. The van der Waals surface area contributed by atoms with Gasteiger partial charge in [-0.3, -0.25) is 0 Å². The van der Waals surface area contributed by atoms with Crippen LogP contribution in [0.1, 0.15) is 111 Å². The Hall–Kier alpha value is -0.580. The Morgan fingerprint density at radius 3 is 1.75 bits per heavy atom. The largest absolute Gasteiger partial charge is 0.475 e. The summed E-state index contributed by atoms with van der Waals surface area (Å²) in [5.41, 5.74) is 0. The molecule has 0 radical (unpaired) electrons. The minimum Gasteiger partial charge on any atom is -0.475 e. The van der Waals surface area contributed by atoms with E-state index >= 15 is 0 Å². The zero-order chi connectivity index (χ0) is 20.5. The Kier molecular flexibility index (Phi) is 24.0. The van der Waals surface area contributed by atoms with E-state index < -0.39 is 0 Å². The van der Waals surface area contributed by atoms with Crippen LogP contribution in [0.3, 0.4) is 0 Å². The van der Waals surface area contributed by atoms with Gasteiger partial charge in [0, 0.05) is 13.2 Å². The van der Waals surface area contributed by atoms with E-state index in [1.165, 1.54) is 57.8 Å². The highest BCUT2D eigenvalue weighted by Gasteiger charge is 2.08. The first-order valence-electron chi connectivity index (χ1n) is 11.9. The van der Waals surface area contributed by atoms with Crippen LogP contribution < -0.4 is 0 Å². The van der Waals surface area contributed by atoms with Crippen LogP contribution in [0.25, 0.3) is 0 Å². The fraction of sp³-hybridized carbons (Fsp3) is 0.917. The minimum absolute atomic E-state index is 0.0169. The third-order valence-electron chi connectivity index (χ3n) is 4.52. The molecule has 0 rings (SSSR count). The molecule has 168 valence electrons. The van der Waals surface area contributed by atoms with E-state index in [9.17, 15) is 0 Å². The summed E-state index contributed by atoms with van der Waals surface area (Å²) in [6.45, 7) is 9.16. The van der Waals surface area contributed by atoms with Crippen molar-refractivity contribution in [3.8, 4) is 0 Å². The van der Waals surface area contributed by atoms with Gasteiger partial charge >= 0.3 is 0 Å². The molecule has 4 heteroatoms.